The summed E-state index contributed by atoms with van der Waals surface area (Å²) in [4.78, 5) is 4.83. The second-order valence-corrected chi connectivity index (χ2v) is 6.71. The standard InChI is InChI=1S/C17H23N3O/c18-13-7-8-15-14(9-13)19-17(11-5-6-11)20(15)10-12-3-1-2-4-16(12)21/h7-9,11-12,16,21H,1-6,10,18H2. The number of aliphatic hydroxyl groups is 1. The molecule has 2 saturated carbocycles. The van der Waals surface area contributed by atoms with Gasteiger partial charge in [0.05, 0.1) is 17.1 Å². The van der Waals surface area contributed by atoms with E-state index in [1.165, 1.54) is 30.6 Å². The summed E-state index contributed by atoms with van der Waals surface area (Å²) in [7, 11) is 0. The molecule has 21 heavy (non-hydrogen) atoms. The van der Waals surface area contributed by atoms with E-state index in [1.54, 1.807) is 0 Å². The van der Waals surface area contributed by atoms with Crippen molar-refractivity contribution in [1.82, 2.24) is 9.55 Å². The molecule has 4 heteroatoms. The van der Waals surface area contributed by atoms with Crippen LogP contribution in [0.3, 0.4) is 0 Å². The van der Waals surface area contributed by atoms with Gasteiger partial charge in [-0.15, -0.1) is 0 Å². The number of nitrogen functional groups attached to an aromatic ring is 1. The van der Waals surface area contributed by atoms with Crippen LogP contribution < -0.4 is 5.73 Å². The van der Waals surface area contributed by atoms with Gasteiger partial charge < -0.3 is 15.4 Å². The number of fused-ring (bicyclic) bond motifs is 1. The lowest BCUT2D eigenvalue weighted by Crippen LogP contribution is -2.28. The second-order valence-electron chi connectivity index (χ2n) is 6.71. The van der Waals surface area contributed by atoms with Crippen LogP contribution in [0, 0.1) is 5.92 Å². The Morgan fingerprint density at radius 2 is 2.00 bits per heavy atom. The van der Waals surface area contributed by atoms with Gasteiger partial charge in [-0.1, -0.05) is 12.8 Å². The van der Waals surface area contributed by atoms with Gasteiger partial charge in [-0.25, -0.2) is 4.98 Å². The Kier molecular flexibility index (Phi) is 3.14. The molecule has 3 N–H and O–H groups in total. The molecule has 0 spiro atoms. The van der Waals surface area contributed by atoms with Crippen molar-refractivity contribution in [3.05, 3.63) is 24.0 Å². The lowest BCUT2D eigenvalue weighted by atomic mass is 9.86. The molecule has 2 fully saturated rings. The average molecular weight is 285 g/mol. The normalized spacial score (nSPS) is 26.3. The fourth-order valence-corrected chi connectivity index (χ4v) is 3.65. The highest BCUT2D eigenvalue weighted by atomic mass is 16.3. The molecule has 2 atom stereocenters. The number of anilines is 1. The van der Waals surface area contributed by atoms with E-state index < -0.39 is 0 Å². The maximum atomic E-state index is 10.3. The summed E-state index contributed by atoms with van der Waals surface area (Å²) in [6.45, 7) is 0.896. The zero-order chi connectivity index (χ0) is 14.4. The minimum Gasteiger partial charge on any atom is -0.399 e. The summed E-state index contributed by atoms with van der Waals surface area (Å²) in [5.41, 5.74) is 8.83. The molecule has 0 radical (unpaired) electrons. The Balaban J connectivity index is 1.73. The lowest BCUT2D eigenvalue weighted by Gasteiger charge is -2.28. The summed E-state index contributed by atoms with van der Waals surface area (Å²) < 4.78 is 2.35. The number of rotatable bonds is 3. The third-order valence-electron chi connectivity index (χ3n) is 5.03. The number of hydrogen-bond donors (Lipinski definition) is 2. The van der Waals surface area contributed by atoms with Crippen molar-refractivity contribution in [3.63, 3.8) is 0 Å². The number of benzene rings is 1. The van der Waals surface area contributed by atoms with E-state index in [0.29, 0.717) is 11.8 Å². The molecule has 1 aromatic heterocycles. The van der Waals surface area contributed by atoms with Gasteiger partial charge >= 0.3 is 0 Å². The lowest BCUT2D eigenvalue weighted by molar-refractivity contribution is 0.0608. The van der Waals surface area contributed by atoms with E-state index >= 15 is 0 Å². The predicted molar refractivity (Wildman–Crippen MR) is 84.1 cm³/mol. The van der Waals surface area contributed by atoms with Gasteiger partial charge in [-0.2, -0.15) is 0 Å². The molecular weight excluding hydrogens is 262 g/mol. The van der Waals surface area contributed by atoms with E-state index in [2.05, 4.69) is 10.6 Å². The Hall–Kier alpha value is -1.55. The molecule has 0 saturated heterocycles. The topological polar surface area (TPSA) is 64.1 Å². The number of hydrogen-bond acceptors (Lipinski definition) is 3. The largest absolute Gasteiger partial charge is 0.399 e. The first-order valence-electron chi connectivity index (χ1n) is 8.16. The van der Waals surface area contributed by atoms with Gasteiger partial charge in [0.2, 0.25) is 0 Å². The molecule has 2 unspecified atom stereocenters. The van der Waals surface area contributed by atoms with Crippen LogP contribution in [0.5, 0.6) is 0 Å². The molecule has 1 heterocycles. The van der Waals surface area contributed by atoms with E-state index in [1.807, 2.05) is 12.1 Å². The summed E-state index contributed by atoms with van der Waals surface area (Å²) >= 11 is 0. The molecular formula is C17H23N3O. The summed E-state index contributed by atoms with van der Waals surface area (Å²) in [5, 5.41) is 10.3. The molecule has 4 rings (SSSR count). The number of nitrogens with zero attached hydrogens (tertiary/aromatic N) is 2. The number of imidazole rings is 1. The Bertz CT molecular complexity index is 659. The van der Waals surface area contributed by atoms with E-state index in [9.17, 15) is 5.11 Å². The zero-order valence-electron chi connectivity index (χ0n) is 12.3. The minimum absolute atomic E-state index is 0.156. The van der Waals surface area contributed by atoms with Gasteiger partial charge in [0.15, 0.2) is 0 Å². The van der Waals surface area contributed by atoms with Crippen molar-refractivity contribution >= 4 is 16.7 Å². The number of aliphatic hydroxyl groups excluding tert-OH is 1. The smallest absolute Gasteiger partial charge is 0.113 e. The first kappa shape index (κ1) is 13.1. The third kappa shape index (κ3) is 2.42. The SMILES string of the molecule is Nc1ccc2c(c1)nc(C1CC1)n2CC1CCCCC1O. The molecule has 0 bridgehead atoms. The molecule has 2 aromatic rings. The predicted octanol–water partition coefficient (Wildman–Crippen LogP) is 3.05. The van der Waals surface area contributed by atoms with Crippen molar-refractivity contribution in [3.8, 4) is 0 Å². The maximum absolute atomic E-state index is 10.3. The second kappa shape index (κ2) is 5.02. The molecule has 0 amide bonds. The zero-order valence-corrected chi connectivity index (χ0v) is 12.3. The van der Waals surface area contributed by atoms with Gasteiger partial charge in [0.1, 0.15) is 5.82 Å². The highest BCUT2D eigenvalue weighted by Crippen LogP contribution is 2.41. The van der Waals surface area contributed by atoms with Crippen LogP contribution in [0.25, 0.3) is 11.0 Å². The van der Waals surface area contributed by atoms with Gasteiger partial charge in [-0.05, 0) is 43.9 Å². The van der Waals surface area contributed by atoms with Crippen molar-refractivity contribution in [2.24, 2.45) is 5.92 Å². The monoisotopic (exact) mass is 285 g/mol. The van der Waals surface area contributed by atoms with Crippen molar-refractivity contribution < 1.29 is 5.11 Å². The maximum Gasteiger partial charge on any atom is 0.113 e. The van der Waals surface area contributed by atoms with Crippen LogP contribution in [-0.2, 0) is 6.54 Å². The Morgan fingerprint density at radius 3 is 2.76 bits per heavy atom. The summed E-state index contributed by atoms with van der Waals surface area (Å²) in [6, 6.07) is 6.00. The van der Waals surface area contributed by atoms with Crippen LogP contribution in [0.4, 0.5) is 5.69 Å². The van der Waals surface area contributed by atoms with Crippen molar-refractivity contribution in [2.45, 2.75) is 57.1 Å². The molecule has 4 nitrogen and oxygen atoms in total. The first-order chi connectivity index (χ1) is 10.2. The molecule has 112 valence electrons. The first-order valence-corrected chi connectivity index (χ1v) is 8.16. The van der Waals surface area contributed by atoms with Crippen LogP contribution in [0.1, 0.15) is 50.3 Å². The average Bonchev–Trinajstić information content (AvgIpc) is 3.25. The Labute approximate surface area is 125 Å². The van der Waals surface area contributed by atoms with Gasteiger partial charge in [-0.3, -0.25) is 0 Å². The van der Waals surface area contributed by atoms with E-state index in [-0.39, 0.29) is 6.10 Å². The van der Waals surface area contributed by atoms with Crippen molar-refractivity contribution in [1.29, 1.82) is 0 Å². The summed E-state index contributed by atoms with van der Waals surface area (Å²) in [5.74, 6) is 2.18. The van der Waals surface area contributed by atoms with E-state index in [0.717, 1.165) is 37.0 Å². The third-order valence-corrected chi connectivity index (χ3v) is 5.03. The van der Waals surface area contributed by atoms with Crippen LogP contribution in [-0.4, -0.2) is 20.8 Å². The van der Waals surface area contributed by atoms with E-state index in [4.69, 9.17) is 10.7 Å². The highest BCUT2D eigenvalue weighted by Gasteiger charge is 2.31. The number of nitrogens with two attached hydrogens (primary N) is 1. The fraction of sp³-hybridized carbons (Fsp3) is 0.588. The molecule has 2 aliphatic carbocycles. The van der Waals surface area contributed by atoms with Crippen molar-refractivity contribution in [2.75, 3.05) is 5.73 Å². The fourth-order valence-electron chi connectivity index (χ4n) is 3.65. The molecule has 1 aromatic carbocycles. The molecule has 0 aliphatic heterocycles. The molecule has 2 aliphatic rings. The van der Waals surface area contributed by atoms with Crippen LogP contribution in [0.15, 0.2) is 18.2 Å². The van der Waals surface area contributed by atoms with Gasteiger partial charge in [0.25, 0.3) is 0 Å². The summed E-state index contributed by atoms with van der Waals surface area (Å²) in [6.07, 6.45) is 6.80. The quantitative estimate of drug-likeness (QED) is 0.852. The van der Waals surface area contributed by atoms with Crippen LogP contribution in [0.2, 0.25) is 0 Å². The Morgan fingerprint density at radius 1 is 1.19 bits per heavy atom. The van der Waals surface area contributed by atoms with Crippen LogP contribution >= 0.6 is 0 Å². The van der Waals surface area contributed by atoms with Gasteiger partial charge in [0, 0.05) is 24.1 Å². The number of aromatic nitrogens is 2. The minimum atomic E-state index is -0.156. The highest BCUT2D eigenvalue weighted by molar-refractivity contribution is 5.79.